The Morgan fingerprint density at radius 1 is 0.878 bits per heavy atom. The number of rotatable bonds is 13. The van der Waals surface area contributed by atoms with Crippen molar-refractivity contribution >= 4 is 5.97 Å². The number of piperidine rings is 1. The number of nitrogens with zero attached hydrogens (tertiary/aromatic N) is 1. The number of ether oxygens (including phenoxy) is 4. The predicted octanol–water partition coefficient (Wildman–Crippen LogP) is 5.30. The average Bonchev–Trinajstić information content (AvgIpc) is 3.55. The van der Waals surface area contributed by atoms with Crippen LogP contribution in [-0.2, 0) is 31.2 Å². The molecule has 218 valence electrons. The van der Waals surface area contributed by atoms with Crippen molar-refractivity contribution in [3.05, 3.63) is 102 Å². The summed E-state index contributed by atoms with van der Waals surface area (Å²) in [6, 6.07) is 26.6. The quantitative estimate of drug-likeness (QED) is 0.225. The SMILES string of the molecule is O=C(OCC1CCN(Cc2ccccc2)CC1)[C@@](O)(c1ccccc1)c1cccc(OCCCCC2OCCO2)c1. The fourth-order valence-electron chi connectivity index (χ4n) is 5.52. The Morgan fingerprint density at radius 3 is 2.29 bits per heavy atom. The summed E-state index contributed by atoms with van der Waals surface area (Å²) in [5, 5.41) is 11.9. The Hall–Kier alpha value is -3.23. The Balaban J connectivity index is 1.17. The van der Waals surface area contributed by atoms with E-state index in [1.807, 2.05) is 30.3 Å². The molecule has 0 unspecified atom stereocenters. The fraction of sp³-hybridized carbons (Fsp3) is 0.441. The summed E-state index contributed by atoms with van der Waals surface area (Å²) < 4.78 is 22.8. The molecule has 5 rings (SSSR count). The van der Waals surface area contributed by atoms with E-state index in [1.54, 1.807) is 30.3 Å². The van der Waals surface area contributed by atoms with Crippen molar-refractivity contribution in [2.75, 3.05) is 39.5 Å². The second-order valence-corrected chi connectivity index (χ2v) is 10.9. The molecule has 7 nitrogen and oxygen atoms in total. The number of hydrogen-bond donors (Lipinski definition) is 1. The van der Waals surface area contributed by atoms with E-state index < -0.39 is 11.6 Å². The molecule has 2 heterocycles. The summed E-state index contributed by atoms with van der Waals surface area (Å²) in [4.78, 5) is 16.0. The van der Waals surface area contributed by atoms with Crippen LogP contribution in [0.3, 0.4) is 0 Å². The number of unbranched alkanes of at least 4 members (excludes halogenated alkanes) is 1. The second-order valence-electron chi connectivity index (χ2n) is 10.9. The minimum atomic E-state index is -1.94. The van der Waals surface area contributed by atoms with Gasteiger partial charge in [0, 0.05) is 12.1 Å². The Labute approximate surface area is 243 Å². The highest BCUT2D eigenvalue weighted by Gasteiger charge is 2.42. The standard InChI is InChI=1S/C34H41NO6/c36-33(41-26-28-17-19-35(20-18-28)25-27-10-3-1-4-11-27)34(37,29-12-5-2-6-13-29)30-14-9-15-31(24-30)38-21-8-7-16-32-39-22-23-40-32/h1-6,9-15,24,28,32,37H,7-8,16-23,25-26H2/t34-/m1/s1. The maximum absolute atomic E-state index is 13.6. The molecule has 0 saturated carbocycles. The van der Waals surface area contributed by atoms with Gasteiger partial charge in [0.1, 0.15) is 5.75 Å². The summed E-state index contributed by atoms with van der Waals surface area (Å²) in [5.74, 6) is 0.202. The van der Waals surface area contributed by atoms with E-state index in [1.165, 1.54) is 5.56 Å². The first-order valence-corrected chi connectivity index (χ1v) is 14.8. The molecular weight excluding hydrogens is 518 g/mol. The zero-order chi connectivity index (χ0) is 28.3. The third kappa shape index (κ3) is 7.95. The monoisotopic (exact) mass is 559 g/mol. The molecule has 2 aliphatic rings. The molecule has 7 heteroatoms. The Kier molecular flexibility index (Phi) is 10.4. The van der Waals surface area contributed by atoms with Crippen LogP contribution in [-0.4, -0.2) is 61.8 Å². The first-order valence-electron chi connectivity index (χ1n) is 14.8. The van der Waals surface area contributed by atoms with E-state index >= 15 is 0 Å². The van der Waals surface area contributed by atoms with Gasteiger partial charge in [0.2, 0.25) is 5.60 Å². The van der Waals surface area contributed by atoms with Gasteiger partial charge in [0.25, 0.3) is 0 Å². The molecule has 0 aromatic heterocycles. The van der Waals surface area contributed by atoms with Gasteiger partial charge < -0.3 is 24.1 Å². The third-order valence-corrected chi connectivity index (χ3v) is 7.94. The Bertz CT molecular complexity index is 1210. The highest BCUT2D eigenvalue weighted by Crippen LogP contribution is 2.34. The number of benzene rings is 3. The van der Waals surface area contributed by atoms with E-state index in [9.17, 15) is 9.90 Å². The Morgan fingerprint density at radius 2 is 1.56 bits per heavy atom. The van der Waals surface area contributed by atoms with Crippen LogP contribution < -0.4 is 4.74 Å². The van der Waals surface area contributed by atoms with Crippen LogP contribution in [0.1, 0.15) is 48.8 Å². The van der Waals surface area contributed by atoms with Crippen LogP contribution in [0.2, 0.25) is 0 Å². The molecule has 3 aromatic rings. The normalized spacial score (nSPS) is 18.2. The molecular formula is C34H41NO6. The summed E-state index contributed by atoms with van der Waals surface area (Å²) in [6.45, 7) is 4.98. The minimum Gasteiger partial charge on any atom is -0.494 e. The van der Waals surface area contributed by atoms with Gasteiger partial charge in [0.05, 0.1) is 26.4 Å². The van der Waals surface area contributed by atoms with Crippen LogP contribution in [0, 0.1) is 5.92 Å². The van der Waals surface area contributed by atoms with Crippen molar-refractivity contribution in [1.82, 2.24) is 4.90 Å². The minimum absolute atomic E-state index is 0.105. The van der Waals surface area contributed by atoms with Crippen molar-refractivity contribution < 1.29 is 28.8 Å². The largest absolute Gasteiger partial charge is 0.494 e. The van der Waals surface area contributed by atoms with E-state index in [4.69, 9.17) is 18.9 Å². The molecule has 0 spiro atoms. The lowest BCUT2D eigenvalue weighted by atomic mass is 9.86. The van der Waals surface area contributed by atoms with Gasteiger partial charge in [0.15, 0.2) is 6.29 Å². The van der Waals surface area contributed by atoms with Crippen molar-refractivity contribution in [1.29, 1.82) is 0 Å². The number of esters is 1. The topological polar surface area (TPSA) is 77.5 Å². The van der Waals surface area contributed by atoms with Crippen molar-refractivity contribution in [3.8, 4) is 5.75 Å². The van der Waals surface area contributed by atoms with E-state index in [0.717, 1.165) is 51.7 Å². The van der Waals surface area contributed by atoms with Crippen molar-refractivity contribution in [3.63, 3.8) is 0 Å². The fourth-order valence-corrected chi connectivity index (χ4v) is 5.52. The van der Waals surface area contributed by atoms with Crippen LogP contribution in [0.5, 0.6) is 5.75 Å². The lowest BCUT2D eigenvalue weighted by Crippen LogP contribution is -2.40. The number of likely N-dealkylation sites (tertiary alicyclic amines) is 1. The molecule has 3 aromatic carbocycles. The maximum atomic E-state index is 13.6. The molecule has 0 radical (unpaired) electrons. The van der Waals surface area contributed by atoms with E-state index in [2.05, 4.69) is 29.2 Å². The van der Waals surface area contributed by atoms with E-state index in [-0.39, 0.29) is 18.8 Å². The van der Waals surface area contributed by atoms with Gasteiger partial charge in [-0.1, -0.05) is 72.8 Å². The van der Waals surface area contributed by atoms with Crippen molar-refractivity contribution in [2.45, 2.75) is 50.5 Å². The first kappa shape index (κ1) is 29.3. The van der Waals surface area contributed by atoms with Crippen LogP contribution in [0.15, 0.2) is 84.9 Å². The van der Waals surface area contributed by atoms with Crippen LogP contribution in [0.25, 0.3) is 0 Å². The molecule has 0 aliphatic carbocycles. The molecule has 0 bridgehead atoms. The number of carbonyl (C=O) groups excluding carboxylic acids is 1. The van der Waals surface area contributed by atoms with Gasteiger partial charge in [-0.05, 0) is 74.4 Å². The lowest BCUT2D eigenvalue weighted by molar-refractivity contribution is -0.164. The highest BCUT2D eigenvalue weighted by molar-refractivity contribution is 5.85. The summed E-state index contributed by atoms with van der Waals surface area (Å²) in [6.07, 6.45) is 4.42. The second kappa shape index (κ2) is 14.6. The molecule has 41 heavy (non-hydrogen) atoms. The van der Waals surface area contributed by atoms with Gasteiger partial charge in [-0.15, -0.1) is 0 Å². The van der Waals surface area contributed by atoms with Gasteiger partial charge in [-0.3, -0.25) is 4.90 Å². The zero-order valence-corrected chi connectivity index (χ0v) is 23.7. The zero-order valence-electron chi connectivity index (χ0n) is 23.7. The summed E-state index contributed by atoms with van der Waals surface area (Å²) >= 11 is 0. The average molecular weight is 560 g/mol. The highest BCUT2D eigenvalue weighted by atomic mass is 16.7. The maximum Gasteiger partial charge on any atom is 0.347 e. The molecule has 1 N–H and O–H groups in total. The molecule has 2 fully saturated rings. The summed E-state index contributed by atoms with van der Waals surface area (Å²) in [5.41, 5.74) is 0.268. The lowest BCUT2D eigenvalue weighted by Gasteiger charge is -2.33. The smallest absolute Gasteiger partial charge is 0.347 e. The van der Waals surface area contributed by atoms with Crippen LogP contribution in [0.4, 0.5) is 0 Å². The number of aliphatic hydroxyl groups is 1. The first-order chi connectivity index (χ1) is 20.1. The number of hydrogen-bond acceptors (Lipinski definition) is 7. The molecule has 0 amide bonds. The van der Waals surface area contributed by atoms with Crippen molar-refractivity contribution in [2.24, 2.45) is 5.92 Å². The number of carbonyl (C=O) groups is 1. The molecule has 2 saturated heterocycles. The van der Waals surface area contributed by atoms with Crippen LogP contribution >= 0.6 is 0 Å². The molecule has 1 atom stereocenters. The van der Waals surface area contributed by atoms with E-state index in [0.29, 0.717) is 36.7 Å². The van der Waals surface area contributed by atoms with Gasteiger partial charge >= 0.3 is 5.97 Å². The third-order valence-electron chi connectivity index (χ3n) is 7.94. The van der Waals surface area contributed by atoms with Gasteiger partial charge in [-0.25, -0.2) is 4.79 Å². The summed E-state index contributed by atoms with van der Waals surface area (Å²) in [7, 11) is 0. The molecule has 2 aliphatic heterocycles. The predicted molar refractivity (Wildman–Crippen MR) is 156 cm³/mol. The van der Waals surface area contributed by atoms with Gasteiger partial charge in [-0.2, -0.15) is 0 Å².